The van der Waals surface area contributed by atoms with Gasteiger partial charge in [-0.2, -0.15) is 0 Å². The third-order valence-electron chi connectivity index (χ3n) is 4.84. The summed E-state index contributed by atoms with van der Waals surface area (Å²) in [5, 5.41) is 0. The minimum Gasteiger partial charge on any atom is -0.378 e. The van der Waals surface area contributed by atoms with Crippen molar-refractivity contribution in [3.05, 3.63) is 29.8 Å². The van der Waals surface area contributed by atoms with E-state index < -0.39 is 0 Å². The summed E-state index contributed by atoms with van der Waals surface area (Å²) in [7, 11) is 0. The van der Waals surface area contributed by atoms with Gasteiger partial charge in [0.1, 0.15) is 0 Å². The van der Waals surface area contributed by atoms with Gasteiger partial charge in [0.15, 0.2) is 5.78 Å². The summed E-state index contributed by atoms with van der Waals surface area (Å²) in [6, 6.07) is 7.93. The molecule has 0 saturated carbocycles. The van der Waals surface area contributed by atoms with Crippen LogP contribution in [-0.4, -0.2) is 56.0 Å². The zero-order valence-electron chi connectivity index (χ0n) is 13.7. The number of carbonyl (C=O) groups is 2. The van der Waals surface area contributed by atoms with Gasteiger partial charge in [0.2, 0.25) is 5.91 Å². The van der Waals surface area contributed by atoms with Crippen molar-refractivity contribution in [1.29, 1.82) is 0 Å². The zero-order chi connectivity index (χ0) is 16.2. The molecule has 0 aliphatic carbocycles. The summed E-state index contributed by atoms with van der Waals surface area (Å²) in [6.07, 6.45) is 1.53. The van der Waals surface area contributed by atoms with Crippen molar-refractivity contribution in [1.82, 2.24) is 4.90 Å². The predicted octanol–water partition coefficient (Wildman–Crippen LogP) is 1.96. The summed E-state index contributed by atoms with van der Waals surface area (Å²) in [6.45, 7) is 6.29. The van der Waals surface area contributed by atoms with E-state index in [-0.39, 0.29) is 17.6 Å². The Bertz CT molecular complexity index is 556. The molecule has 0 aromatic heterocycles. The second-order valence-electron chi connectivity index (χ2n) is 6.29. The van der Waals surface area contributed by atoms with Gasteiger partial charge in [-0.3, -0.25) is 9.59 Å². The summed E-state index contributed by atoms with van der Waals surface area (Å²) >= 11 is 0. The Labute approximate surface area is 137 Å². The number of rotatable bonds is 3. The first-order valence-electron chi connectivity index (χ1n) is 8.37. The van der Waals surface area contributed by atoms with E-state index in [0.29, 0.717) is 13.1 Å². The van der Waals surface area contributed by atoms with Crippen LogP contribution in [0.2, 0.25) is 0 Å². The number of hydrogen-bond donors (Lipinski definition) is 0. The van der Waals surface area contributed by atoms with Gasteiger partial charge >= 0.3 is 0 Å². The fraction of sp³-hybridized carbons (Fsp3) is 0.556. The first-order valence-corrected chi connectivity index (χ1v) is 8.37. The van der Waals surface area contributed by atoms with Crippen molar-refractivity contribution >= 4 is 17.4 Å². The molecule has 124 valence electrons. The fourth-order valence-electron chi connectivity index (χ4n) is 3.35. The summed E-state index contributed by atoms with van der Waals surface area (Å²) in [5.41, 5.74) is 1.93. The molecule has 2 saturated heterocycles. The SMILES string of the molecule is CC(=O)N1CCC(C(=O)c2ccc(N3CCOCC3)cc2)CC1. The van der Waals surface area contributed by atoms with Gasteiger partial charge in [0.05, 0.1) is 13.2 Å². The van der Waals surface area contributed by atoms with Gasteiger partial charge in [-0.05, 0) is 37.1 Å². The molecular weight excluding hydrogens is 292 g/mol. The maximum Gasteiger partial charge on any atom is 0.219 e. The first kappa shape index (κ1) is 16.0. The Hall–Kier alpha value is -1.88. The minimum absolute atomic E-state index is 0.0415. The number of anilines is 1. The van der Waals surface area contributed by atoms with E-state index in [9.17, 15) is 9.59 Å². The Morgan fingerprint density at radius 2 is 1.61 bits per heavy atom. The third-order valence-corrected chi connectivity index (χ3v) is 4.84. The molecule has 0 spiro atoms. The highest BCUT2D eigenvalue weighted by Gasteiger charge is 2.26. The van der Waals surface area contributed by atoms with Crippen LogP contribution in [0, 0.1) is 5.92 Å². The maximum absolute atomic E-state index is 12.6. The molecule has 0 N–H and O–H groups in total. The van der Waals surface area contributed by atoms with Gasteiger partial charge < -0.3 is 14.5 Å². The normalized spacial score (nSPS) is 19.7. The summed E-state index contributed by atoms with van der Waals surface area (Å²) < 4.78 is 5.36. The Morgan fingerprint density at radius 1 is 1.00 bits per heavy atom. The number of ketones is 1. The molecule has 2 aliphatic heterocycles. The van der Waals surface area contributed by atoms with Crippen molar-refractivity contribution in [2.24, 2.45) is 5.92 Å². The van der Waals surface area contributed by atoms with Gasteiger partial charge in [-0.1, -0.05) is 0 Å². The lowest BCUT2D eigenvalue weighted by Gasteiger charge is -2.31. The molecule has 3 rings (SSSR count). The number of likely N-dealkylation sites (tertiary alicyclic amines) is 1. The standard InChI is InChI=1S/C18H24N2O3/c1-14(21)19-8-6-16(7-9-19)18(22)15-2-4-17(5-3-15)20-10-12-23-13-11-20/h2-5,16H,6-13H2,1H3. The van der Waals surface area contributed by atoms with E-state index in [1.54, 1.807) is 6.92 Å². The van der Waals surface area contributed by atoms with E-state index >= 15 is 0 Å². The van der Waals surface area contributed by atoms with Crippen LogP contribution in [0.5, 0.6) is 0 Å². The van der Waals surface area contributed by atoms with E-state index in [0.717, 1.165) is 50.4 Å². The molecule has 1 aromatic carbocycles. The van der Waals surface area contributed by atoms with Crippen LogP contribution in [-0.2, 0) is 9.53 Å². The molecular formula is C18H24N2O3. The highest BCUT2D eigenvalue weighted by atomic mass is 16.5. The topological polar surface area (TPSA) is 49.9 Å². The van der Waals surface area contributed by atoms with Crippen LogP contribution < -0.4 is 4.90 Å². The van der Waals surface area contributed by atoms with E-state index in [1.807, 2.05) is 29.2 Å². The zero-order valence-corrected chi connectivity index (χ0v) is 13.7. The average Bonchev–Trinajstić information content (AvgIpc) is 2.62. The summed E-state index contributed by atoms with van der Waals surface area (Å²) in [5.74, 6) is 0.354. The van der Waals surface area contributed by atoms with Crippen LogP contribution in [0.15, 0.2) is 24.3 Å². The van der Waals surface area contributed by atoms with Crippen LogP contribution in [0.25, 0.3) is 0 Å². The van der Waals surface area contributed by atoms with Gasteiger partial charge in [-0.15, -0.1) is 0 Å². The number of nitrogens with zero attached hydrogens (tertiary/aromatic N) is 2. The predicted molar refractivity (Wildman–Crippen MR) is 88.8 cm³/mol. The largest absolute Gasteiger partial charge is 0.378 e. The Kier molecular flexibility index (Phi) is 4.96. The van der Waals surface area contributed by atoms with Crippen molar-refractivity contribution in [3.8, 4) is 0 Å². The lowest BCUT2D eigenvalue weighted by Crippen LogP contribution is -2.39. The smallest absolute Gasteiger partial charge is 0.219 e. The number of amides is 1. The molecule has 2 heterocycles. The molecule has 2 aliphatic rings. The highest BCUT2D eigenvalue weighted by Crippen LogP contribution is 2.24. The number of hydrogen-bond acceptors (Lipinski definition) is 4. The Balaban J connectivity index is 1.60. The molecule has 23 heavy (non-hydrogen) atoms. The van der Waals surface area contributed by atoms with Gasteiger partial charge in [-0.25, -0.2) is 0 Å². The number of benzene rings is 1. The van der Waals surface area contributed by atoms with Crippen molar-refractivity contribution < 1.29 is 14.3 Å². The quantitative estimate of drug-likeness (QED) is 0.800. The third kappa shape index (κ3) is 3.72. The van der Waals surface area contributed by atoms with Crippen molar-refractivity contribution in [3.63, 3.8) is 0 Å². The Morgan fingerprint density at radius 3 is 2.17 bits per heavy atom. The first-order chi connectivity index (χ1) is 11.1. The fourth-order valence-corrected chi connectivity index (χ4v) is 3.35. The van der Waals surface area contributed by atoms with Crippen LogP contribution in [0.3, 0.4) is 0 Å². The second kappa shape index (κ2) is 7.13. The molecule has 1 aromatic rings. The molecule has 5 nitrogen and oxygen atoms in total. The number of piperidine rings is 1. The lowest BCUT2D eigenvalue weighted by atomic mass is 9.89. The molecule has 0 unspecified atom stereocenters. The molecule has 1 amide bonds. The van der Waals surface area contributed by atoms with Gasteiger partial charge in [0, 0.05) is 50.3 Å². The van der Waals surface area contributed by atoms with Crippen molar-refractivity contribution in [2.75, 3.05) is 44.3 Å². The molecule has 0 atom stereocenters. The number of morpholine rings is 1. The average molecular weight is 316 g/mol. The molecule has 2 fully saturated rings. The monoisotopic (exact) mass is 316 g/mol. The minimum atomic E-state index is 0.0415. The number of carbonyl (C=O) groups excluding carboxylic acids is 2. The lowest BCUT2D eigenvalue weighted by molar-refractivity contribution is -0.130. The summed E-state index contributed by atoms with van der Waals surface area (Å²) in [4.78, 5) is 28.1. The molecule has 0 bridgehead atoms. The van der Waals surface area contributed by atoms with E-state index in [4.69, 9.17) is 4.74 Å². The van der Waals surface area contributed by atoms with Crippen LogP contribution in [0.4, 0.5) is 5.69 Å². The van der Waals surface area contributed by atoms with Gasteiger partial charge in [0.25, 0.3) is 0 Å². The van der Waals surface area contributed by atoms with Crippen molar-refractivity contribution in [2.45, 2.75) is 19.8 Å². The maximum atomic E-state index is 12.6. The van der Waals surface area contributed by atoms with Crippen LogP contribution in [0.1, 0.15) is 30.1 Å². The number of ether oxygens (including phenoxy) is 1. The van der Waals surface area contributed by atoms with E-state index in [2.05, 4.69) is 4.90 Å². The highest BCUT2D eigenvalue weighted by molar-refractivity contribution is 5.98. The molecule has 0 radical (unpaired) electrons. The van der Waals surface area contributed by atoms with E-state index in [1.165, 1.54) is 0 Å². The number of Topliss-reactive ketones (excluding diaryl/α,β-unsaturated/α-hetero) is 1. The second-order valence-corrected chi connectivity index (χ2v) is 6.29. The van der Waals surface area contributed by atoms with Crippen LogP contribution >= 0.6 is 0 Å². The molecule has 5 heteroatoms.